The third-order valence-electron chi connectivity index (χ3n) is 6.87. The number of hydrogen-bond acceptors (Lipinski definition) is 4. The quantitative estimate of drug-likeness (QED) is 0.393. The Kier molecular flexibility index (Phi) is 8.68. The van der Waals surface area contributed by atoms with Crippen LogP contribution in [0.5, 0.6) is 0 Å². The van der Waals surface area contributed by atoms with Gasteiger partial charge >= 0.3 is 12.1 Å². The first kappa shape index (κ1) is 25.3. The normalized spacial score (nSPS) is 12.5. The van der Waals surface area contributed by atoms with Crippen LogP contribution >= 0.6 is 0 Å². The van der Waals surface area contributed by atoms with Gasteiger partial charge in [-0.1, -0.05) is 62.4 Å². The Morgan fingerprint density at radius 3 is 2.06 bits per heavy atom. The summed E-state index contributed by atoms with van der Waals surface area (Å²) in [6.45, 7) is 4.44. The first-order chi connectivity index (χ1) is 16.4. The number of carbonyl (C=O) groups is 3. The maximum Gasteiger partial charge on any atom is 0.407 e. The Balaban J connectivity index is 1.36. The van der Waals surface area contributed by atoms with E-state index in [1.807, 2.05) is 38.1 Å². The van der Waals surface area contributed by atoms with Gasteiger partial charge in [-0.25, -0.2) is 4.79 Å². The summed E-state index contributed by atoms with van der Waals surface area (Å²) in [5.41, 5.74) is 3.79. The second-order valence-corrected chi connectivity index (χ2v) is 8.78. The van der Waals surface area contributed by atoms with Crippen LogP contribution in [-0.2, 0) is 14.3 Å². The molecule has 0 heterocycles. The minimum Gasteiger partial charge on any atom is -0.481 e. The van der Waals surface area contributed by atoms with Crippen molar-refractivity contribution < 1.29 is 24.2 Å². The number of alkyl carbamates (subject to hydrolysis) is 1. The lowest BCUT2D eigenvalue weighted by Gasteiger charge is -2.26. The second kappa shape index (κ2) is 11.7. The monoisotopic (exact) mass is 466 g/mol. The molecule has 1 aliphatic carbocycles. The number of ether oxygens (including phenoxy) is 1. The Morgan fingerprint density at radius 1 is 0.912 bits per heavy atom. The summed E-state index contributed by atoms with van der Waals surface area (Å²) in [7, 11) is 0. The number of benzene rings is 2. The maximum absolute atomic E-state index is 12.2. The number of hydrogen-bond donors (Lipinski definition) is 3. The average molecular weight is 467 g/mol. The van der Waals surface area contributed by atoms with Crippen molar-refractivity contribution in [1.29, 1.82) is 0 Å². The topological polar surface area (TPSA) is 105 Å². The van der Waals surface area contributed by atoms with Crippen LogP contribution in [0.25, 0.3) is 11.1 Å². The van der Waals surface area contributed by atoms with E-state index in [0.717, 1.165) is 0 Å². The van der Waals surface area contributed by atoms with Crippen LogP contribution in [0.15, 0.2) is 48.5 Å². The molecule has 0 spiro atoms. The van der Waals surface area contributed by atoms with Crippen molar-refractivity contribution in [1.82, 2.24) is 10.6 Å². The lowest BCUT2D eigenvalue weighted by Crippen LogP contribution is -2.42. The van der Waals surface area contributed by atoms with E-state index >= 15 is 0 Å². The molecule has 2 aromatic carbocycles. The number of aliphatic carboxylic acids is 1. The molecule has 0 saturated carbocycles. The lowest BCUT2D eigenvalue weighted by atomic mass is 9.82. The SMILES string of the molecule is CCC(CC)(CNC(=O)CCCCNC(=O)OCC1c2ccccc2-c2ccccc21)C(=O)O. The van der Waals surface area contributed by atoms with Crippen LogP contribution in [0.3, 0.4) is 0 Å². The molecular weight excluding hydrogens is 432 g/mol. The molecule has 0 bridgehead atoms. The Bertz CT molecular complexity index is 970. The molecule has 0 unspecified atom stereocenters. The highest BCUT2D eigenvalue weighted by molar-refractivity contribution is 5.80. The molecule has 7 nitrogen and oxygen atoms in total. The van der Waals surface area contributed by atoms with Crippen molar-refractivity contribution >= 4 is 18.0 Å². The number of unbranched alkanes of at least 4 members (excludes halogenated alkanes) is 1. The molecule has 2 amide bonds. The van der Waals surface area contributed by atoms with Gasteiger partial charge in [0.25, 0.3) is 0 Å². The Hall–Kier alpha value is -3.35. The molecular formula is C27H34N2O5. The summed E-state index contributed by atoms with van der Waals surface area (Å²) in [6, 6.07) is 16.4. The maximum atomic E-state index is 12.2. The van der Waals surface area contributed by atoms with Gasteiger partial charge in [-0.3, -0.25) is 9.59 Å². The van der Waals surface area contributed by atoms with E-state index in [0.29, 0.717) is 32.2 Å². The summed E-state index contributed by atoms with van der Waals surface area (Å²) in [6.07, 6.45) is 1.96. The van der Waals surface area contributed by atoms with Crippen LogP contribution < -0.4 is 10.6 Å². The summed E-state index contributed by atoms with van der Waals surface area (Å²) in [5.74, 6) is -1.04. The molecule has 0 radical (unpaired) electrons. The van der Waals surface area contributed by atoms with E-state index in [2.05, 4.69) is 34.9 Å². The Labute approximate surface area is 200 Å². The predicted octanol–water partition coefficient (Wildman–Crippen LogP) is 4.70. The van der Waals surface area contributed by atoms with Crippen molar-refractivity contribution in [2.24, 2.45) is 5.41 Å². The highest BCUT2D eigenvalue weighted by Crippen LogP contribution is 2.44. The number of rotatable bonds is 12. The molecule has 0 aliphatic heterocycles. The summed E-state index contributed by atoms with van der Waals surface area (Å²) in [5, 5.41) is 14.9. The van der Waals surface area contributed by atoms with Gasteiger partial charge in [0.15, 0.2) is 0 Å². The summed E-state index contributed by atoms with van der Waals surface area (Å²) >= 11 is 0. The van der Waals surface area contributed by atoms with Gasteiger partial charge in [-0.2, -0.15) is 0 Å². The third-order valence-corrected chi connectivity index (χ3v) is 6.87. The molecule has 3 N–H and O–H groups in total. The molecule has 7 heteroatoms. The number of carbonyl (C=O) groups excluding carboxylic acids is 2. The van der Waals surface area contributed by atoms with Gasteiger partial charge < -0.3 is 20.5 Å². The van der Waals surface area contributed by atoms with Crippen LogP contribution in [0.2, 0.25) is 0 Å². The van der Waals surface area contributed by atoms with Gasteiger partial charge in [-0.05, 0) is 47.9 Å². The number of fused-ring (bicyclic) bond motifs is 3. The fourth-order valence-electron chi connectivity index (χ4n) is 4.48. The molecule has 0 atom stereocenters. The zero-order valence-corrected chi connectivity index (χ0v) is 19.9. The lowest BCUT2D eigenvalue weighted by molar-refractivity contribution is -0.149. The number of carboxylic acids is 1. The van der Waals surface area contributed by atoms with Gasteiger partial charge in [0.1, 0.15) is 6.61 Å². The molecule has 0 saturated heterocycles. The summed E-state index contributed by atoms with van der Waals surface area (Å²) < 4.78 is 5.51. The smallest absolute Gasteiger partial charge is 0.407 e. The number of carboxylic acid groups (broad SMARTS) is 1. The van der Waals surface area contributed by atoms with Crippen molar-refractivity contribution in [3.63, 3.8) is 0 Å². The highest BCUT2D eigenvalue weighted by atomic mass is 16.5. The van der Waals surface area contributed by atoms with E-state index in [-0.39, 0.29) is 31.4 Å². The van der Waals surface area contributed by atoms with E-state index in [1.54, 1.807) is 0 Å². The highest BCUT2D eigenvalue weighted by Gasteiger charge is 2.35. The minimum absolute atomic E-state index is 0.0195. The van der Waals surface area contributed by atoms with Crippen molar-refractivity contribution in [2.45, 2.75) is 51.9 Å². The third kappa shape index (κ3) is 5.76. The molecule has 2 aromatic rings. The van der Waals surface area contributed by atoms with E-state index < -0.39 is 17.5 Å². The molecule has 34 heavy (non-hydrogen) atoms. The largest absolute Gasteiger partial charge is 0.481 e. The van der Waals surface area contributed by atoms with E-state index in [4.69, 9.17) is 4.74 Å². The number of nitrogens with one attached hydrogen (secondary N) is 2. The van der Waals surface area contributed by atoms with E-state index in [1.165, 1.54) is 22.3 Å². The van der Waals surface area contributed by atoms with Gasteiger partial charge in [-0.15, -0.1) is 0 Å². The van der Waals surface area contributed by atoms with Gasteiger partial charge in [0.2, 0.25) is 5.91 Å². The van der Waals surface area contributed by atoms with Crippen molar-refractivity contribution in [2.75, 3.05) is 19.7 Å². The van der Waals surface area contributed by atoms with Crippen molar-refractivity contribution in [3.05, 3.63) is 59.7 Å². The van der Waals surface area contributed by atoms with Crippen LogP contribution in [0, 0.1) is 5.41 Å². The standard InChI is InChI=1S/C27H34N2O5/c1-3-27(4-2,25(31)32)18-29-24(30)15-9-10-16-28-26(33)34-17-23-21-13-7-5-11-19(21)20-12-6-8-14-22(20)23/h5-8,11-14,23H,3-4,9-10,15-18H2,1-2H3,(H,28,33)(H,29,30)(H,31,32). The molecule has 1 aliphatic rings. The van der Waals surface area contributed by atoms with E-state index in [9.17, 15) is 19.5 Å². The first-order valence-electron chi connectivity index (χ1n) is 12.0. The fraction of sp³-hybridized carbons (Fsp3) is 0.444. The number of amides is 2. The molecule has 3 rings (SSSR count). The summed E-state index contributed by atoms with van der Waals surface area (Å²) in [4.78, 5) is 35.8. The average Bonchev–Trinajstić information content (AvgIpc) is 3.17. The zero-order valence-electron chi connectivity index (χ0n) is 19.9. The van der Waals surface area contributed by atoms with Crippen LogP contribution in [0.4, 0.5) is 4.79 Å². The Morgan fingerprint density at radius 2 is 1.50 bits per heavy atom. The van der Waals surface area contributed by atoms with Gasteiger partial charge in [0.05, 0.1) is 5.41 Å². The zero-order chi connectivity index (χ0) is 24.6. The van der Waals surface area contributed by atoms with Crippen LogP contribution in [-0.4, -0.2) is 42.8 Å². The van der Waals surface area contributed by atoms with Gasteiger partial charge in [0, 0.05) is 25.4 Å². The predicted molar refractivity (Wildman–Crippen MR) is 131 cm³/mol. The molecule has 0 fully saturated rings. The van der Waals surface area contributed by atoms with Crippen LogP contribution in [0.1, 0.15) is 63.0 Å². The molecule has 0 aromatic heterocycles. The molecule has 182 valence electrons. The second-order valence-electron chi connectivity index (χ2n) is 8.78. The first-order valence-corrected chi connectivity index (χ1v) is 12.0. The minimum atomic E-state index is -0.915. The van der Waals surface area contributed by atoms with Crippen molar-refractivity contribution in [3.8, 4) is 11.1 Å². The fourth-order valence-corrected chi connectivity index (χ4v) is 4.48.